The van der Waals surface area contributed by atoms with Crippen LogP contribution in [-0.2, 0) is 4.74 Å². The van der Waals surface area contributed by atoms with Gasteiger partial charge in [-0.2, -0.15) is 8.78 Å². The first-order chi connectivity index (χ1) is 14.0. The van der Waals surface area contributed by atoms with E-state index in [9.17, 15) is 13.6 Å². The minimum absolute atomic E-state index is 0.0361. The Morgan fingerprint density at radius 2 is 2.00 bits per heavy atom. The maximum Gasteiger partial charge on any atom is 0.387 e. The first kappa shape index (κ1) is 21.1. The largest absolute Gasteiger partial charge is 0.493 e. The molecule has 0 amide bonds. The number of ether oxygens (including phenoxy) is 3. The van der Waals surface area contributed by atoms with Gasteiger partial charge in [0.1, 0.15) is 0 Å². The van der Waals surface area contributed by atoms with E-state index < -0.39 is 6.61 Å². The van der Waals surface area contributed by atoms with Crippen molar-refractivity contribution in [2.45, 2.75) is 6.61 Å². The standard InChI is InChI=1S/C21H20ClF2NO4/c1-27-19-12-14(11-17(22)20(19)29-21(23)24)5-6-18(26)15-3-2-4-16(13-15)25-7-9-28-10-8-25/h2-6,11-13,21H,7-10H2,1H3/b6-5+. The van der Waals surface area contributed by atoms with Crippen LogP contribution in [0.1, 0.15) is 15.9 Å². The lowest BCUT2D eigenvalue weighted by molar-refractivity contribution is -0.0511. The molecule has 154 valence electrons. The van der Waals surface area contributed by atoms with E-state index in [-0.39, 0.29) is 22.3 Å². The van der Waals surface area contributed by atoms with Crippen molar-refractivity contribution in [1.29, 1.82) is 0 Å². The smallest absolute Gasteiger partial charge is 0.387 e. The summed E-state index contributed by atoms with van der Waals surface area (Å²) in [7, 11) is 1.32. The highest BCUT2D eigenvalue weighted by Crippen LogP contribution is 2.37. The fourth-order valence-corrected chi connectivity index (χ4v) is 3.25. The number of methoxy groups -OCH3 is 1. The quantitative estimate of drug-likeness (QED) is 0.478. The lowest BCUT2D eigenvalue weighted by Gasteiger charge is -2.29. The number of anilines is 1. The van der Waals surface area contributed by atoms with E-state index in [1.807, 2.05) is 18.2 Å². The summed E-state index contributed by atoms with van der Waals surface area (Å²) in [5, 5.41) is -0.0361. The molecule has 0 radical (unpaired) electrons. The summed E-state index contributed by atoms with van der Waals surface area (Å²) in [6.07, 6.45) is 2.95. The van der Waals surface area contributed by atoms with Crippen LogP contribution in [0.25, 0.3) is 6.08 Å². The van der Waals surface area contributed by atoms with Crippen LogP contribution in [0.2, 0.25) is 5.02 Å². The highest BCUT2D eigenvalue weighted by atomic mass is 35.5. The average molecular weight is 424 g/mol. The topological polar surface area (TPSA) is 48.0 Å². The van der Waals surface area contributed by atoms with Gasteiger partial charge >= 0.3 is 6.61 Å². The fraction of sp³-hybridized carbons (Fsp3) is 0.286. The zero-order valence-electron chi connectivity index (χ0n) is 15.7. The Balaban J connectivity index is 1.77. The first-order valence-electron chi connectivity index (χ1n) is 8.95. The number of rotatable bonds is 7. The van der Waals surface area contributed by atoms with Crippen molar-refractivity contribution in [3.8, 4) is 11.5 Å². The number of benzene rings is 2. The summed E-state index contributed by atoms with van der Waals surface area (Å²) in [4.78, 5) is 14.7. The number of allylic oxidation sites excluding steroid dienone is 1. The van der Waals surface area contributed by atoms with Gasteiger partial charge in [0.25, 0.3) is 0 Å². The monoisotopic (exact) mass is 423 g/mol. The van der Waals surface area contributed by atoms with Crippen LogP contribution in [0.15, 0.2) is 42.5 Å². The molecule has 1 saturated heterocycles. The molecular weight excluding hydrogens is 404 g/mol. The number of hydrogen-bond acceptors (Lipinski definition) is 5. The predicted molar refractivity (Wildman–Crippen MR) is 107 cm³/mol. The Bertz CT molecular complexity index is 898. The highest BCUT2D eigenvalue weighted by molar-refractivity contribution is 6.32. The number of alkyl halides is 2. The summed E-state index contributed by atoms with van der Waals surface area (Å²) in [5.74, 6) is -0.381. The second-order valence-corrected chi connectivity index (χ2v) is 6.67. The minimum Gasteiger partial charge on any atom is -0.493 e. The Morgan fingerprint density at radius 3 is 2.69 bits per heavy atom. The van der Waals surface area contributed by atoms with Crippen LogP contribution in [0.3, 0.4) is 0 Å². The van der Waals surface area contributed by atoms with Gasteiger partial charge in [0, 0.05) is 24.3 Å². The molecule has 0 saturated carbocycles. The molecule has 29 heavy (non-hydrogen) atoms. The van der Waals surface area contributed by atoms with Gasteiger partial charge in [-0.15, -0.1) is 0 Å². The zero-order chi connectivity index (χ0) is 20.8. The molecule has 8 heteroatoms. The van der Waals surface area contributed by atoms with Gasteiger partial charge in [0.05, 0.1) is 25.3 Å². The van der Waals surface area contributed by atoms with Crippen molar-refractivity contribution in [3.05, 3.63) is 58.6 Å². The molecule has 0 atom stereocenters. The fourth-order valence-electron chi connectivity index (χ4n) is 2.99. The van der Waals surface area contributed by atoms with E-state index in [0.717, 1.165) is 18.8 Å². The first-order valence-corrected chi connectivity index (χ1v) is 9.33. The van der Waals surface area contributed by atoms with E-state index >= 15 is 0 Å². The van der Waals surface area contributed by atoms with Crippen molar-refractivity contribution in [1.82, 2.24) is 0 Å². The average Bonchev–Trinajstić information content (AvgIpc) is 2.74. The third-order valence-corrected chi connectivity index (χ3v) is 4.67. The maximum absolute atomic E-state index is 12.6. The molecule has 0 bridgehead atoms. The molecule has 0 unspecified atom stereocenters. The van der Waals surface area contributed by atoms with Crippen LogP contribution in [0.5, 0.6) is 11.5 Å². The number of ketones is 1. The van der Waals surface area contributed by atoms with Crippen LogP contribution in [0.4, 0.5) is 14.5 Å². The van der Waals surface area contributed by atoms with E-state index in [0.29, 0.717) is 24.3 Å². The zero-order valence-corrected chi connectivity index (χ0v) is 16.5. The number of halogens is 3. The predicted octanol–water partition coefficient (Wildman–Crippen LogP) is 4.68. The highest BCUT2D eigenvalue weighted by Gasteiger charge is 2.16. The van der Waals surface area contributed by atoms with Gasteiger partial charge in [-0.3, -0.25) is 4.79 Å². The van der Waals surface area contributed by atoms with Crippen LogP contribution in [0, 0.1) is 0 Å². The molecule has 1 fully saturated rings. The summed E-state index contributed by atoms with van der Waals surface area (Å²) in [6.45, 7) is -0.154. The molecule has 1 aliphatic heterocycles. The molecule has 0 N–H and O–H groups in total. The molecular formula is C21H20ClF2NO4. The van der Waals surface area contributed by atoms with Crippen LogP contribution < -0.4 is 14.4 Å². The number of nitrogens with zero attached hydrogens (tertiary/aromatic N) is 1. The lowest BCUT2D eigenvalue weighted by atomic mass is 10.1. The van der Waals surface area contributed by atoms with Gasteiger partial charge in [-0.25, -0.2) is 0 Å². The Kier molecular flexibility index (Phi) is 7.06. The van der Waals surface area contributed by atoms with Crippen molar-refractivity contribution < 1.29 is 27.8 Å². The van der Waals surface area contributed by atoms with Crippen LogP contribution >= 0.6 is 11.6 Å². The van der Waals surface area contributed by atoms with E-state index in [2.05, 4.69) is 9.64 Å². The second kappa shape index (κ2) is 9.71. The summed E-state index contributed by atoms with van der Waals surface area (Å²) >= 11 is 6.02. The van der Waals surface area contributed by atoms with Crippen molar-refractivity contribution in [2.24, 2.45) is 0 Å². The molecule has 5 nitrogen and oxygen atoms in total. The maximum atomic E-state index is 12.6. The molecule has 0 aliphatic carbocycles. The molecule has 0 aromatic heterocycles. The molecule has 2 aromatic carbocycles. The van der Waals surface area contributed by atoms with Gasteiger partial charge in [-0.1, -0.05) is 29.8 Å². The van der Waals surface area contributed by atoms with Crippen LogP contribution in [-0.4, -0.2) is 45.8 Å². The van der Waals surface area contributed by atoms with Crippen molar-refractivity contribution in [3.63, 3.8) is 0 Å². The second-order valence-electron chi connectivity index (χ2n) is 6.26. The minimum atomic E-state index is -3.02. The SMILES string of the molecule is COc1cc(/C=C/C(=O)c2cccc(N3CCOCC3)c2)cc(Cl)c1OC(F)F. The van der Waals surface area contributed by atoms with E-state index in [1.165, 1.54) is 25.3 Å². The van der Waals surface area contributed by atoms with Crippen molar-refractivity contribution in [2.75, 3.05) is 38.3 Å². The lowest BCUT2D eigenvalue weighted by Crippen LogP contribution is -2.36. The number of morpholine rings is 1. The molecule has 2 aromatic rings. The number of carbonyl (C=O) groups is 1. The van der Waals surface area contributed by atoms with Gasteiger partial charge < -0.3 is 19.1 Å². The molecule has 0 spiro atoms. The normalized spacial score (nSPS) is 14.4. The summed E-state index contributed by atoms with van der Waals surface area (Å²) in [5.41, 5.74) is 2.03. The molecule has 1 heterocycles. The summed E-state index contributed by atoms with van der Waals surface area (Å²) < 4.78 is 39.9. The van der Waals surface area contributed by atoms with E-state index in [4.69, 9.17) is 21.1 Å². The number of carbonyl (C=O) groups excluding carboxylic acids is 1. The third-order valence-electron chi connectivity index (χ3n) is 4.39. The summed E-state index contributed by atoms with van der Waals surface area (Å²) in [6, 6.07) is 10.3. The Morgan fingerprint density at radius 1 is 1.24 bits per heavy atom. The van der Waals surface area contributed by atoms with Gasteiger partial charge in [0.15, 0.2) is 17.3 Å². The Labute approximate surface area is 172 Å². The number of hydrogen-bond donors (Lipinski definition) is 0. The Hall–Kier alpha value is -2.64. The molecule has 1 aliphatic rings. The van der Waals surface area contributed by atoms with Crippen molar-refractivity contribution >= 4 is 29.1 Å². The molecule has 3 rings (SSSR count). The van der Waals surface area contributed by atoms with E-state index in [1.54, 1.807) is 12.1 Å². The third kappa shape index (κ3) is 5.46. The van der Waals surface area contributed by atoms with Gasteiger partial charge in [0.2, 0.25) is 0 Å². The van der Waals surface area contributed by atoms with Gasteiger partial charge in [-0.05, 0) is 35.9 Å².